The fourth-order valence-electron chi connectivity index (χ4n) is 3.99. The number of benzene rings is 1. The quantitative estimate of drug-likeness (QED) is 0.144. The molecule has 0 radical (unpaired) electrons. The SMILES string of the molecule is CC1(C)O[C@@H]2[C@@H](OCc3ccccc3)O[C@H](CCCO[Si](C)(C)C(C)(C)C)[C@@H](N=[N+]=[N-])[C@@H]2O1. The zero-order valence-corrected chi connectivity index (χ0v) is 22.0. The lowest BCUT2D eigenvalue weighted by atomic mass is 9.94. The second kappa shape index (κ2) is 10.4. The van der Waals surface area contributed by atoms with Crippen molar-refractivity contribution in [2.45, 2.75) is 109 Å². The summed E-state index contributed by atoms with van der Waals surface area (Å²) in [7, 11) is -1.82. The van der Waals surface area contributed by atoms with Crippen LogP contribution >= 0.6 is 0 Å². The van der Waals surface area contributed by atoms with Crippen LogP contribution in [-0.2, 0) is 30.0 Å². The third kappa shape index (κ3) is 6.57. The maximum Gasteiger partial charge on any atom is 0.191 e. The molecular formula is C24H39N3O5Si. The van der Waals surface area contributed by atoms with Crippen LogP contribution in [0.5, 0.6) is 0 Å². The summed E-state index contributed by atoms with van der Waals surface area (Å²) >= 11 is 0. The van der Waals surface area contributed by atoms with Gasteiger partial charge in [-0.15, -0.1) is 0 Å². The Hall–Kier alpha value is -1.45. The summed E-state index contributed by atoms with van der Waals surface area (Å²) in [6, 6.07) is 9.45. The summed E-state index contributed by atoms with van der Waals surface area (Å²) < 4.78 is 31.1. The summed E-state index contributed by atoms with van der Waals surface area (Å²) in [5.41, 5.74) is 10.3. The Morgan fingerprint density at radius 2 is 1.79 bits per heavy atom. The molecule has 0 unspecified atom stereocenters. The van der Waals surface area contributed by atoms with Gasteiger partial charge in [-0.25, -0.2) is 0 Å². The van der Waals surface area contributed by atoms with Crippen LogP contribution in [0.3, 0.4) is 0 Å². The van der Waals surface area contributed by atoms with E-state index in [1.54, 1.807) is 0 Å². The Morgan fingerprint density at radius 1 is 1.12 bits per heavy atom. The van der Waals surface area contributed by atoms with Crippen LogP contribution < -0.4 is 0 Å². The van der Waals surface area contributed by atoms with Crippen LogP contribution in [0.15, 0.2) is 35.4 Å². The average Bonchev–Trinajstić information content (AvgIpc) is 3.06. The molecule has 1 aromatic carbocycles. The van der Waals surface area contributed by atoms with Crippen molar-refractivity contribution in [1.29, 1.82) is 0 Å². The highest BCUT2D eigenvalue weighted by Gasteiger charge is 2.55. The van der Waals surface area contributed by atoms with Crippen molar-refractivity contribution in [3.8, 4) is 0 Å². The van der Waals surface area contributed by atoms with E-state index < -0.39 is 38.6 Å². The van der Waals surface area contributed by atoms with Crippen LogP contribution in [-0.4, -0.2) is 51.4 Å². The number of hydrogen-bond acceptors (Lipinski definition) is 6. The molecular weight excluding hydrogens is 438 g/mol. The second-order valence-electron chi connectivity index (χ2n) is 10.9. The molecule has 3 rings (SSSR count). The standard InChI is InChI=1S/C24H39N3O5Si/c1-23(2,3)33(6,7)29-15-11-14-18-19(26-27-25)20-21(32-24(4,5)31-20)22(30-18)28-16-17-12-9-8-10-13-17/h8-10,12-13,18-22H,11,14-16H2,1-7H3/t18-,19-,20+,21+,22+/m1/s1. The molecule has 184 valence electrons. The maximum atomic E-state index is 9.23. The predicted molar refractivity (Wildman–Crippen MR) is 129 cm³/mol. The first-order valence-electron chi connectivity index (χ1n) is 11.8. The topological polar surface area (TPSA) is 94.9 Å². The molecule has 2 saturated heterocycles. The molecule has 0 bridgehead atoms. The van der Waals surface area contributed by atoms with Crippen molar-refractivity contribution >= 4 is 8.32 Å². The Labute approximate surface area is 198 Å². The molecule has 0 aliphatic carbocycles. The molecule has 2 aliphatic rings. The van der Waals surface area contributed by atoms with Crippen LogP contribution in [0.2, 0.25) is 18.1 Å². The number of rotatable bonds is 9. The zero-order chi connectivity index (χ0) is 24.3. The average molecular weight is 478 g/mol. The van der Waals surface area contributed by atoms with Crippen LogP contribution in [0.25, 0.3) is 10.4 Å². The minimum absolute atomic E-state index is 0.159. The molecule has 5 atom stereocenters. The molecule has 0 aromatic heterocycles. The van der Waals surface area contributed by atoms with E-state index >= 15 is 0 Å². The van der Waals surface area contributed by atoms with Crippen LogP contribution in [0.4, 0.5) is 0 Å². The molecule has 2 aliphatic heterocycles. The van der Waals surface area contributed by atoms with Crippen molar-refractivity contribution in [3.63, 3.8) is 0 Å². The number of hydrogen-bond donors (Lipinski definition) is 0. The van der Waals surface area contributed by atoms with Gasteiger partial charge in [-0.2, -0.15) is 0 Å². The lowest BCUT2D eigenvalue weighted by molar-refractivity contribution is -0.260. The van der Waals surface area contributed by atoms with Crippen molar-refractivity contribution in [2.75, 3.05) is 6.61 Å². The predicted octanol–water partition coefficient (Wildman–Crippen LogP) is 5.93. The van der Waals surface area contributed by atoms with Gasteiger partial charge in [0.05, 0.1) is 18.8 Å². The van der Waals surface area contributed by atoms with E-state index in [1.165, 1.54) is 0 Å². The van der Waals surface area contributed by atoms with E-state index in [-0.39, 0.29) is 11.1 Å². The Bertz CT molecular complexity index is 823. The van der Waals surface area contributed by atoms with E-state index in [0.29, 0.717) is 19.6 Å². The van der Waals surface area contributed by atoms with Crippen LogP contribution in [0.1, 0.15) is 53.0 Å². The van der Waals surface area contributed by atoms with E-state index in [1.807, 2.05) is 44.2 Å². The molecule has 33 heavy (non-hydrogen) atoms. The van der Waals surface area contributed by atoms with E-state index in [4.69, 9.17) is 23.4 Å². The fourth-order valence-corrected chi connectivity index (χ4v) is 5.07. The normalized spacial score (nSPS) is 29.4. The minimum atomic E-state index is -1.82. The summed E-state index contributed by atoms with van der Waals surface area (Å²) in [6.07, 6.45) is -0.398. The Balaban J connectivity index is 1.69. The van der Waals surface area contributed by atoms with Gasteiger partial charge >= 0.3 is 0 Å². The summed E-state index contributed by atoms with van der Waals surface area (Å²) in [5, 5.41) is 4.21. The third-order valence-corrected chi connectivity index (χ3v) is 11.3. The monoisotopic (exact) mass is 477 g/mol. The number of azide groups is 1. The molecule has 1 aromatic rings. The highest BCUT2D eigenvalue weighted by atomic mass is 28.4. The van der Waals surface area contributed by atoms with E-state index in [9.17, 15) is 5.53 Å². The van der Waals surface area contributed by atoms with Gasteiger partial charge in [-0.3, -0.25) is 0 Å². The first-order valence-corrected chi connectivity index (χ1v) is 14.7. The Kier molecular flexibility index (Phi) is 8.27. The maximum absolute atomic E-state index is 9.23. The van der Waals surface area contributed by atoms with Crippen molar-refractivity contribution in [1.82, 2.24) is 0 Å². The van der Waals surface area contributed by atoms with Gasteiger partial charge in [-0.1, -0.05) is 56.2 Å². The third-order valence-electron chi connectivity index (χ3n) is 6.80. The van der Waals surface area contributed by atoms with E-state index in [2.05, 4.69) is 43.9 Å². The van der Waals surface area contributed by atoms with Crippen LogP contribution in [0, 0.1) is 0 Å². The fraction of sp³-hybridized carbons (Fsp3) is 0.750. The van der Waals surface area contributed by atoms with Gasteiger partial charge in [0.2, 0.25) is 0 Å². The highest BCUT2D eigenvalue weighted by Crippen LogP contribution is 2.41. The number of fused-ring (bicyclic) bond motifs is 1. The number of nitrogens with zero attached hydrogens (tertiary/aromatic N) is 3. The molecule has 0 amide bonds. The first kappa shape index (κ1) is 26.2. The summed E-state index contributed by atoms with van der Waals surface area (Å²) in [5.74, 6) is -0.809. The molecule has 0 saturated carbocycles. The molecule has 0 N–H and O–H groups in total. The number of ether oxygens (including phenoxy) is 4. The molecule has 2 fully saturated rings. The summed E-state index contributed by atoms with van der Waals surface area (Å²) in [6.45, 7) is 15.9. The molecule has 8 nitrogen and oxygen atoms in total. The van der Waals surface area contributed by atoms with Crippen molar-refractivity contribution in [2.24, 2.45) is 5.11 Å². The highest BCUT2D eigenvalue weighted by molar-refractivity contribution is 6.74. The smallest absolute Gasteiger partial charge is 0.191 e. The zero-order valence-electron chi connectivity index (χ0n) is 21.0. The largest absolute Gasteiger partial charge is 0.417 e. The molecule has 9 heteroatoms. The summed E-state index contributed by atoms with van der Waals surface area (Å²) in [4.78, 5) is 3.08. The van der Waals surface area contributed by atoms with E-state index in [0.717, 1.165) is 12.0 Å². The molecule has 0 spiro atoms. The lowest BCUT2D eigenvalue weighted by Gasteiger charge is -2.40. The van der Waals surface area contributed by atoms with Gasteiger partial charge in [0, 0.05) is 11.5 Å². The van der Waals surface area contributed by atoms with Gasteiger partial charge in [-0.05, 0) is 55.9 Å². The minimum Gasteiger partial charge on any atom is -0.417 e. The first-order chi connectivity index (χ1) is 15.4. The van der Waals surface area contributed by atoms with Gasteiger partial charge in [0.1, 0.15) is 12.2 Å². The Morgan fingerprint density at radius 3 is 2.42 bits per heavy atom. The molecule has 2 heterocycles. The van der Waals surface area contributed by atoms with Gasteiger partial charge < -0.3 is 23.4 Å². The van der Waals surface area contributed by atoms with Crippen molar-refractivity contribution in [3.05, 3.63) is 46.3 Å². The van der Waals surface area contributed by atoms with Gasteiger partial charge in [0.25, 0.3) is 0 Å². The van der Waals surface area contributed by atoms with Crippen molar-refractivity contribution < 1.29 is 23.4 Å². The second-order valence-corrected chi connectivity index (χ2v) is 15.7. The van der Waals surface area contributed by atoms with Gasteiger partial charge in [0.15, 0.2) is 20.4 Å². The lowest BCUT2D eigenvalue weighted by Crippen LogP contribution is -2.56.